The van der Waals surface area contributed by atoms with Crippen LogP contribution in [0, 0.1) is 12.8 Å². The summed E-state index contributed by atoms with van der Waals surface area (Å²) in [6.45, 7) is 10.1. The van der Waals surface area contributed by atoms with Gasteiger partial charge in [0, 0.05) is 48.2 Å². The Balaban J connectivity index is 1.48. The van der Waals surface area contributed by atoms with Crippen LogP contribution in [0.3, 0.4) is 0 Å². The summed E-state index contributed by atoms with van der Waals surface area (Å²) in [4.78, 5) is 21.1. The topological polar surface area (TPSA) is 63.5 Å². The number of hydrogen-bond donors (Lipinski definition) is 0. The molecule has 0 unspecified atom stereocenters. The second-order valence-corrected chi connectivity index (χ2v) is 9.27. The minimum atomic E-state index is 0.0914. The molecule has 0 N–H and O–H groups in total. The largest absolute Gasteiger partial charge is 0.487 e. The SMILES string of the molecule is Cc1cc(N2CCN(CC(C)C)CC2=O)nn1Cc1cc(Cl)ccc1OCc1ccccn1. The fourth-order valence-corrected chi connectivity index (χ4v) is 4.22. The lowest BCUT2D eigenvalue weighted by Crippen LogP contribution is -2.51. The van der Waals surface area contributed by atoms with E-state index < -0.39 is 0 Å². The van der Waals surface area contributed by atoms with Gasteiger partial charge >= 0.3 is 0 Å². The molecule has 8 heteroatoms. The minimum Gasteiger partial charge on any atom is -0.487 e. The summed E-state index contributed by atoms with van der Waals surface area (Å²) < 4.78 is 7.93. The molecule has 1 saturated heterocycles. The maximum absolute atomic E-state index is 12.8. The summed E-state index contributed by atoms with van der Waals surface area (Å²) in [6.07, 6.45) is 1.75. The molecule has 1 fully saturated rings. The molecule has 33 heavy (non-hydrogen) atoms. The number of nitrogens with zero attached hydrogens (tertiary/aromatic N) is 5. The number of piperazine rings is 1. The summed E-state index contributed by atoms with van der Waals surface area (Å²) in [7, 11) is 0. The van der Waals surface area contributed by atoms with Gasteiger partial charge in [0.15, 0.2) is 5.82 Å². The van der Waals surface area contributed by atoms with Crippen molar-refractivity contribution in [1.82, 2.24) is 19.7 Å². The average molecular weight is 468 g/mol. The van der Waals surface area contributed by atoms with Crippen molar-refractivity contribution in [2.24, 2.45) is 5.92 Å². The van der Waals surface area contributed by atoms with Crippen molar-refractivity contribution in [3.8, 4) is 5.75 Å². The van der Waals surface area contributed by atoms with Gasteiger partial charge < -0.3 is 4.74 Å². The van der Waals surface area contributed by atoms with Gasteiger partial charge in [-0.1, -0.05) is 31.5 Å². The first kappa shape index (κ1) is 23.3. The van der Waals surface area contributed by atoms with Crippen LogP contribution >= 0.6 is 11.6 Å². The maximum Gasteiger partial charge on any atom is 0.242 e. The molecule has 0 aliphatic carbocycles. The van der Waals surface area contributed by atoms with E-state index in [-0.39, 0.29) is 5.91 Å². The van der Waals surface area contributed by atoms with Crippen LogP contribution in [0.15, 0.2) is 48.7 Å². The first-order valence-electron chi connectivity index (χ1n) is 11.3. The van der Waals surface area contributed by atoms with Gasteiger partial charge in [-0.15, -0.1) is 0 Å². The van der Waals surface area contributed by atoms with Crippen LogP contribution in [0.5, 0.6) is 5.75 Å². The van der Waals surface area contributed by atoms with Gasteiger partial charge in [-0.2, -0.15) is 5.10 Å². The Morgan fingerprint density at radius 2 is 2.00 bits per heavy atom. The molecule has 4 rings (SSSR count). The van der Waals surface area contributed by atoms with E-state index in [2.05, 4.69) is 23.7 Å². The van der Waals surface area contributed by atoms with Crippen molar-refractivity contribution in [2.75, 3.05) is 31.1 Å². The number of halogens is 1. The molecule has 0 atom stereocenters. The lowest BCUT2D eigenvalue weighted by atomic mass is 10.2. The molecule has 1 aliphatic heterocycles. The highest BCUT2D eigenvalue weighted by atomic mass is 35.5. The van der Waals surface area contributed by atoms with Gasteiger partial charge in [0.25, 0.3) is 0 Å². The zero-order chi connectivity index (χ0) is 23.4. The predicted octanol–water partition coefficient (Wildman–Crippen LogP) is 4.17. The summed E-state index contributed by atoms with van der Waals surface area (Å²) in [5.74, 6) is 2.06. The van der Waals surface area contributed by atoms with Gasteiger partial charge in [-0.05, 0) is 43.2 Å². The van der Waals surface area contributed by atoms with Crippen molar-refractivity contribution >= 4 is 23.3 Å². The molecule has 2 aromatic heterocycles. The Kier molecular flexibility index (Phi) is 7.30. The van der Waals surface area contributed by atoms with E-state index in [4.69, 9.17) is 21.4 Å². The van der Waals surface area contributed by atoms with Crippen LogP contribution in [-0.4, -0.2) is 51.8 Å². The number of rotatable bonds is 8. The zero-order valence-electron chi connectivity index (χ0n) is 19.4. The number of hydrogen-bond acceptors (Lipinski definition) is 5. The monoisotopic (exact) mass is 467 g/mol. The highest BCUT2D eigenvalue weighted by Crippen LogP contribution is 2.26. The number of aryl methyl sites for hydroxylation is 1. The van der Waals surface area contributed by atoms with Crippen LogP contribution in [0.2, 0.25) is 5.02 Å². The molecular formula is C25H30ClN5O2. The maximum atomic E-state index is 12.8. The van der Waals surface area contributed by atoms with Crippen LogP contribution < -0.4 is 9.64 Å². The minimum absolute atomic E-state index is 0.0914. The molecular weight excluding hydrogens is 438 g/mol. The molecule has 1 aromatic carbocycles. The first-order chi connectivity index (χ1) is 15.9. The Morgan fingerprint density at radius 3 is 2.73 bits per heavy atom. The van der Waals surface area contributed by atoms with E-state index in [1.165, 1.54) is 0 Å². The predicted molar refractivity (Wildman–Crippen MR) is 130 cm³/mol. The van der Waals surface area contributed by atoms with E-state index >= 15 is 0 Å². The molecule has 3 heterocycles. The zero-order valence-corrected chi connectivity index (χ0v) is 20.1. The van der Waals surface area contributed by atoms with Crippen LogP contribution in [0.1, 0.15) is 30.8 Å². The lowest BCUT2D eigenvalue weighted by Gasteiger charge is -2.33. The number of pyridine rings is 1. The molecule has 0 spiro atoms. The second-order valence-electron chi connectivity index (χ2n) is 8.84. The van der Waals surface area contributed by atoms with Gasteiger partial charge in [-0.3, -0.25) is 24.3 Å². The van der Waals surface area contributed by atoms with Gasteiger partial charge in [0.2, 0.25) is 5.91 Å². The molecule has 0 saturated carbocycles. The Hall–Kier alpha value is -2.90. The van der Waals surface area contributed by atoms with E-state index in [9.17, 15) is 4.79 Å². The molecule has 1 amide bonds. The summed E-state index contributed by atoms with van der Waals surface area (Å²) >= 11 is 6.28. The number of benzene rings is 1. The molecule has 1 aliphatic rings. The van der Waals surface area contributed by atoms with Crippen molar-refractivity contribution < 1.29 is 9.53 Å². The molecule has 7 nitrogen and oxygen atoms in total. The molecule has 0 bridgehead atoms. The Morgan fingerprint density at radius 1 is 1.15 bits per heavy atom. The third-order valence-corrected chi connectivity index (χ3v) is 5.85. The van der Waals surface area contributed by atoms with Crippen molar-refractivity contribution in [3.05, 3.63) is 70.6 Å². The number of carbonyl (C=O) groups excluding carboxylic acids is 1. The number of amides is 1. The third kappa shape index (κ3) is 5.92. The lowest BCUT2D eigenvalue weighted by molar-refractivity contribution is -0.121. The van der Waals surface area contributed by atoms with E-state index in [1.807, 2.05) is 54.1 Å². The fraction of sp³-hybridized carbons (Fsp3) is 0.400. The van der Waals surface area contributed by atoms with E-state index in [0.717, 1.165) is 35.8 Å². The summed E-state index contributed by atoms with van der Waals surface area (Å²) in [6, 6.07) is 13.3. The van der Waals surface area contributed by atoms with Crippen molar-refractivity contribution in [1.29, 1.82) is 0 Å². The number of carbonyl (C=O) groups is 1. The quantitative estimate of drug-likeness (QED) is 0.497. The van der Waals surface area contributed by atoms with E-state index in [0.29, 0.717) is 43.0 Å². The molecule has 3 aromatic rings. The second kappa shape index (κ2) is 10.4. The van der Waals surface area contributed by atoms with E-state index in [1.54, 1.807) is 11.1 Å². The highest BCUT2D eigenvalue weighted by molar-refractivity contribution is 6.30. The number of aromatic nitrogens is 3. The van der Waals surface area contributed by atoms with Gasteiger partial charge in [-0.25, -0.2) is 0 Å². The highest BCUT2D eigenvalue weighted by Gasteiger charge is 2.27. The number of ether oxygens (including phenoxy) is 1. The van der Waals surface area contributed by atoms with Crippen molar-refractivity contribution in [2.45, 2.75) is 33.9 Å². The summed E-state index contributed by atoms with van der Waals surface area (Å²) in [5, 5.41) is 5.38. The fourth-order valence-electron chi connectivity index (χ4n) is 4.03. The normalized spacial score (nSPS) is 14.8. The molecule has 174 valence electrons. The van der Waals surface area contributed by atoms with Gasteiger partial charge in [0.05, 0.1) is 18.8 Å². The average Bonchev–Trinajstić information content (AvgIpc) is 3.13. The smallest absolute Gasteiger partial charge is 0.242 e. The Bertz CT molecular complexity index is 1100. The van der Waals surface area contributed by atoms with Gasteiger partial charge in [0.1, 0.15) is 12.4 Å². The van der Waals surface area contributed by atoms with Crippen LogP contribution in [0.4, 0.5) is 5.82 Å². The first-order valence-corrected chi connectivity index (χ1v) is 11.6. The number of anilines is 1. The standard InChI is InChI=1S/C25H30ClN5O2/c1-18(2)14-29-10-11-30(25(32)16-29)24-12-19(3)31(28-24)15-20-13-21(26)7-8-23(20)33-17-22-6-4-5-9-27-22/h4-9,12-13,18H,10-11,14-17H2,1-3H3. The summed E-state index contributed by atoms with van der Waals surface area (Å²) in [5.41, 5.74) is 2.74. The van der Waals surface area contributed by atoms with Crippen LogP contribution in [-0.2, 0) is 17.9 Å². The van der Waals surface area contributed by atoms with Crippen LogP contribution in [0.25, 0.3) is 0 Å². The molecule has 0 radical (unpaired) electrons. The third-order valence-electron chi connectivity index (χ3n) is 5.61. The Labute approximate surface area is 199 Å². The van der Waals surface area contributed by atoms with Crippen molar-refractivity contribution in [3.63, 3.8) is 0 Å².